The second kappa shape index (κ2) is 10.5. The molecule has 0 aliphatic heterocycles. The summed E-state index contributed by atoms with van der Waals surface area (Å²) in [6.07, 6.45) is 3.03. The summed E-state index contributed by atoms with van der Waals surface area (Å²) in [5, 5.41) is 0. The molecule has 3 aromatic carbocycles. The van der Waals surface area contributed by atoms with Crippen LogP contribution in [-0.2, 0) is 20.9 Å². The minimum absolute atomic E-state index is 0.0845. The monoisotopic (exact) mass is 450 g/mol. The number of hydrogen-bond acceptors (Lipinski definition) is 4. The van der Waals surface area contributed by atoms with Crippen LogP contribution in [0.1, 0.15) is 11.1 Å². The molecule has 0 bridgehead atoms. The van der Waals surface area contributed by atoms with Crippen molar-refractivity contribution in [2.24, 2.45) is 0 Å². The summed E-state index contributed by atoms with van der Waals surface area (Å²) in [6, 6.07) is 16.4. The van der Waals surface area contributed by atoms with Crippen LogP contribution in [0.3, 0.4) is 0 Å². The third kappa shape index (κ3) is 6.04. The quantitative estimate of drug-likeness (QED) is 0.274. The Balaban J connectivity index is 1.83. The highest BCUT2D eigenvalue weighted by atomic mass is 19.1. The molecule has 0 aromatic heterocycles. The van der Waals surface area contributed by atoms with Gasteiger partial charge in [0.2, 0.25) is 6.41 Å². The Morgan fingerprint density at radius 2 is 1.64 bits per heavy atom. The smallest absolute Gasteiger partial charge is 0.330 e. The molecule has 0 aliphatic carbocycles. The maximum absolute atomic E-state index is 14.9. The Morgan fingerprint density at radius 3 is 2.24 bits per heavy atom. The summed E-state index contributed by atoms with van der Waals surface area (Å²) in [4.78, 5) is 26.2. The molecule has 7 heteroatoms. The summed E-state index contributed by atoms with van der Waals surface area (Å²) in [5.74, 6) is -1.66. The largest absolute Gasteiger partial charge is 0.466 e. The van der Waals surface area contributed by atoms with Gasteiger partial charge in [-0.05, 0) is 59.2 Å². The van der Waals surface area contributed by atoms with Gasteiger partial charge in [-0.1, -0.05) is 24.3 Å². The molecule has 0 spiro atoms. The Hall–Kier alpha value is -4.00. The van der Waals surface area contributed by atoms with Crippen molar-refractivity contribution in [1.29, 1.82) is 0 Å². The number of anilines is 2. The van der Waals surface area contributed by atoms with E-state index in [4.69, 9.17) is 0 Å². The van der Waals surface area contributed by atoms with E-state index in [0.29, 0.717) is 17.5 Å². The lowest BCUT2D eigenvalue weighted by molar-refractivity contribution is -0.134. The number of benzene rings is 3. The summed E-state index contributed by atoms with van der Waals surface area (Å²) in [6.45, 7) is -0.0845. The first-order valence-corrected chi connectivity index (χ1v) is 10.2. The van der Waals surface area contributed by atoms with Crippen LogP contribution in [0, 0.1) is 11.6 Å². The highest BCUT2D eigenvalue weighted by Crippen LogP contribution is 2.26. The molecule has 170 valence electrons. The molecule has 0 aliphatic rings. The average Bonchev–Trinajstić information content (AvgIpc) is 2.81. The lowest BCUT2D eigenvalue weighted by Gasteiger charge is -2.19. The Labute approximate surface area is 191 Å². The van der Waals surface area contributed by atoms with Crippen LogP contribution in [0.15, 0.2) is 66.7 Å². The van der Waals surface area contributed by atoms with E-state index in [9.17, 15) is 18.4 Å². The summed E-state index contributed by atoms with van der Waals surface area (Å²) >= 11 is 0. The standard InChI is InChI=1S/C26H24F2N2O3/c1-29(2)23-9-7-19(8-10-23)20-5-6-21(25(28)14-20)16-30(17-31)24-13-18(12-22(27)15-24)4-11-26(32)33-3/h4-15,17H,16H2,1-3H3/b11-4+. The first kappa shape index (κ1) is 23.7. The predicted molar refractivity (Wildman–Crippen MR) is 126 cm³/mol. The molecule has 0 N–H and O–H groups in total. The first-order valence-electron chi connectivity index (χ1n) is 10.2. The molecule has 0 saturated heterocycles. The van der Waals surface area contributed by atoms with Crippen molar-refractivity contribution in [3.05, 3.63) is 89.5 Å². The molecular formula is C26H24F2N2O3. The molecule has 33 heavy (non-hydrogen) atoms. The highest BCUT2D eigenvalue weighted by molar-refractivity contribution is 5.87. The number of ether oxygens (including phenoxy) is 1. The van der Waals surface area contributed by atoms with Crippen LogP contribution >= 0.6 is 0 Å². The fourth-order valence-corrected chi connectivity index (χ4v) is 3.27. The number of halogens is 2. The highest BCUT2D eigenvalue weighted by Gasteiger charge is 2.13. The number of rotatable bonds is 8. The van der Waals surface area contributed by atoms with E-state index in [1.165, 1.54) is 42.4 Å². The number of methoxy groups -OCH3 is 1. The van der Waals surface area contributed by atoms with Crippen LogP contribution in [0.25, 0.3) is 17.2 Å². The Morgan fingerprint density at radius 1 is 0.939 bits per heavy atom. The Bertz CT molecular complexity index is 1170. The van der Waals surface area contributed by atoms with Crippen LogP contribution < -0.4 is 9.80 Å². The van der Waals surface area contributed by atoms with Gasteiger partial charge in [-0.2, -0.15) is 0 Å². The van der Waals surface area contributed by atoms with Gasteiger partial charge in [0, 0.05) is 37.1 Å². The van der Waals surface area contributed by atoms with Gasteiger partial charge in [-0.15, -0.1) is 0 Å². The lowest BCUT2D eigenvalue weighted by Crippen LogP contribution is -2.21. The number of nitrogens with zero attached hydrogens (tertiary/aromatic N) is 2. The van der Waals surface area contributed by atoms with Gasteiger partial charge in [0.25, 0.3) is 0 Å². The molecule has 0 unspecified atom stereocenters. The second-order valence-electron chi connectivity index (χ2n) is 7.58. The van der Waals surface area contributed by atoms with Gasteiger partial charge in [-0.25, -0.2) is 13.6 Å². The van der Waals surface area contributed by atoms with Crippen molar-refractivity contribution in [3.8, 4) is 11.1 Å². The maximum Gasteiger partial charge on any atom is 0.330 e. The number of esters is 1. The molecule has 0 fully saturated rings. The van der Waals surface area contributed by atoms with E-state index in [0.717, 1.165) is 17.3 Å². The topological polar surface area (TPSA) is 49.9 Å². The normalized spacial score (nSPS) is 10.8. The van der Waals surface area contributed by atoms with Crippen molar-refractivity contribution in [1.82, 2.24) is 0 Å². The summed E-state index contributed by atoms with van der Waals surface area (Å²) in [7, 11) is 5.12. The third-order valence-electron chi connectivity index (χ3n) is 5.09. The summed E-state index contributed by atoms with van der Waals surface area (Å²) in [5.41, 5.74) is 3.49. The van der Waals surface area contributed by atoms with Crippen LogP contribution in [-0.4, -0.2) is 33.6 Å². The second-order valence-corrected chi connectivity index (χ2v) is 7.58. The predicted octanol–water partition coefficient (Wildman–Crippen LogP) is 5.05. The van der Waals surface area contributed by atoms with Gasteiger partial charge in [-0.3, -0.25) is 4.79 Å². The molecule has 0 atom stereocenters. The van der Waals surface area contributed by atoms with Crippen molar-refractivity contribution in [2.45, 2.75) is 6.54 Å². The van der Waals surface area contributed by atoms with Gasteiger partial charge in [0.05, 0.1) is 13.7 Å². The van der Waals surface area contributed by atoms with Gasteiger partial charge >= 0.3 is 5.97 Å². The maximum atomic E-state index is 14.9. The van der Waals surface area contributed by atoms with Gasteiger partial charge in [0.15, 0.2) is 0 Å². The molecule has 3 aromatic rings. The van der Waals surface area contributed by atoms with Crippen LogP contribution in [0.4, 0.5) is 20.2 Å². The number of carbonyl (C=O) groups excluding carboxylic acids is 2. The molecule has 0 heterocycles. The first-order chi connectivity index (χ1) is 15.8. The zero-order valence-electron chi connectivity index (χ0n) is 18.6. The van der Waals surface area contributed by atoms with Crippen molar-refractivity contribution < 1.29 is 23.1 Å². The Kier molecular flexibility index (Phi) is 7.56. The van der Waals surface area contributed by atoms with Crippen molar-refractivity contribution in [2.75, 3.05) is 31.0 Å². The lowest BCUT2D eigenvalue weighted by atomic mass is 10.0. The number of carbonyl (C=O) groups is 2. The van der Waals surface area contributed by atoms with E-state index < -0.39 is 17.6 Å². The third-order valence-corrected chi connectivity index (χ3v) is 5.09. The molecular weight excluding hydrogens is 426 g/mol. The van der Waals surface area contributed by atoms with Gasteiger partial charge < -0.3 is 14.5 Å². The minimum Gasteiger partial charge on any atom is -0.466 e. The van der Waals surface area contributed by atoms with Crippen molar-refractivity contribution >= 4 is 29.8 Å². The SMILES string of the molecule is COC(=O)/C=C/c1cc(F)cc(N(C=O)Cc2ccc(-c3ccc(N(C)C)cc3)cc2F)c1. The zero-order chi connectivity index (χ0) is 24.0. The molecule has 3 rings (SSSR count). The molecule has 0 saturated carbocycles. The van der Waals surface area contributed by atoms with E-state index >= 15 is 0 Å². The van der Waals surface area contributed by atoms with Crippen LogP contribution in [0.5, 0.6) is 0 Å². The fourth-order valence-electron chi connectivity index (χ4n) is 3.27. The fraction of sp³-hybridized carbons (Fsp3) is 0.154. The van der Waals surface area contributed by atoms with E-state index in [1.54, 1.807) is 12.1 Å². The van der Waals surface area contributed by atoms with E-state index in [-0.39, 0.29) is 17.8 Å². The van der Waals surface area contributed by atoms with E-state index in [2.05, 4.69) is 4.74 Å². The van der Waals surface area contributed by atoms with Gasteiger partial charge in [0.1, 0.15) is 11.6 Å². The molecule has 0 radical (unpaired) electrons. The van der Waals surface area contributed by atoms with Crippen molar-refractivity contribution in [3.63, 3.8) is 0 Å². The molecule has 1 amide bonds. The average molecular weight is 450 g/mol. The zero-order valence-corrected chi connectivity index (χ0v) is 18.6. The minimum atomic E-state index is -0.596. The van der Waals surface area contributed by atoms with E-state index in [1.807, 2.05) is 43.3 Å². The number of amides is 1. The van der Waals surface area contributed by atoms with Crippen LogP contribution in [0.2, 0.25) is 0 Å². The number of hydrogen-bond donors (Lipinski definition) is 0. The summed E-state index contributed by atoms with van der Waals surface area (Å²) < 4.78 is 33.5. The molecule has 5 nitrogen and oxygen atoms in total.